The molecule has 0 fully saturated rings. The fourth-order valence-corrected chi connectivity index (χ4v) is 4.52. The lowest BCUT2D eigenvalue weighted by molar-refractivity contribution is 0.102. The summed E-state index contributed by atoms with van der Waals surface area (Å²) >= 11 is 14.2. The lowest BCUT2D eigenvalue weighted by Gasteiger charge is -2.13. The molecule has 30 heavy (non-hydrogen) atoms. The number of para-hydroxylation sites is 1. The highest BCUT2D eigenvalue weighted by molar-refractivity contribution is 7.21. The molecule has 3 aromatic carbocycles. The average molecular weight is 457 g/mol. The number of anilines is 1. The number of benzene rings is 3. The standard InChI is InChI=1S/C23H18Cl2N2O2S/c1-2-10-29-16-7-5-6-14(11-16)22(28)27-21-17(12-15(24)13-18(21)25)23-26-19-8-3-4-9-20(19)30-23/h3-9,11-13H,2,10H2,1H3,(H,27,28). The molecule has 152 valence electrons. The third-order valence-electron chi connectivity index (χ3n) is 4.39. The molecule has 1 heterocycles. The van der Waals surface area contributed by atoms with Gasteiger partial charge in [-0.15, -0.1) is 11.3 Å². The number of hydrogen-bond acceptors (Lipinski definition) is 4. The van der Waals surface area contributed by atoms with Crippen molar-refractivity contribution in [1.82, 2.24) is 4.98 Å². The molecule has 1 aromatic heterocycles. The van der Waals surface area contributed by atoms with Crippen molar-refractivity contribution >= 4 is 56.3 Å². The normalized spacial score (nSPS) is 10.9. The van der Waals surface area contributed by atoms with Crippen molar-refractivity contribution in [3.8, 4) is 16.3 Å². The summed E-state index contributed by atoms with van der Waals surface area (Å²) in [6, 6.07) is 18.3. The van der Waals surface area contributed by atoms with Crippen LogP contribution in [0.1, 0.15) is 23.7 Å². The van der Waals surface area contributed by atoms with E-state index >= 15 is 0 Å². The lowest BCUT2D eigenvalue weighted by Crippen LogP contribution is -2.13. The second kappa shape index (κ2) is 9.04. The van der Waals surface area contributed by atoms with E-state index in [0.29, 0.717) is 39.2 Å². The Hall–Kier alpha value is -2.60. The average Bonchev–Trinajstić information content (AvgIpc) is 3.18. The first-order valence-corrected chi connectivity index (χ1v) is 11.0. The van der Waals surface area contributed by atoms with Crippen LogP contribution < -0.4 is 10.1 Å². The molecule has 0 saturated carbocycles. The third kappa shape index (κ3) is 4.43. The third-order valence-corrected chi connectivity index (χ3v) is 5.97. The number of ether oxygens (including phenoxy) is 1. The van der Waals surface area contributed by atoms with Crippen molar-refractivity contribution in [2.24, 2.45) is 0 Å². The first-order valence-electron chi connectivity index (χ1n) is 9.44. The van der Waals surface area contributed by atoms with Gasteiger partial charge >= 0.3 is 0 Å². The minimum Gasteiger partial charge on any atom is -0.494 e. The Morgan fingerprint density at radius 3 is 2.73 bits per heavy atom. The van der Waals surface area contributed by atoms with Crippen LogP contribution in [0.5, 0.6) is 5.75 Å². The summed E-state index contributed by atoms with van der Waals surface area (Å²) in [5.74, 6) is 0.363. The maximum Gasteiger partial charge on any atom is 0.255 e. The van der Waals surface area contributed by atoms with E-state index in [1.165, 1.54) is 11.3 Å². The van der Waals surface area contributed by atoms with Crippen LogP contribution in [0.15, 0.2) is 60.7 Å². The molecule has 7 heteroatoms. The van der Waals surface area contributed by atoms with Crippen molar-refractivity contribution in [3.63, 3.8) is 0 Å². The highest BCUT2D eigenvalue weighted by Crippen LogP contribution is 2.40. The van der Waals surface area contributed by atoms with Gasteiger partial charge in [0, 0.05) is 16.1 Å². The van der Waals surface area contributed by atoms with E-state index in [9.17, 15) is 4.79 Å². The molecule has 4 rings (SSSR count). The fraction of sp³-hybridized carbons (Fsp3) is 0.130. The molecule has 0 spiro atoms. The van der Waals surface area contributed by atoms with Gasteiger partial charge in [-0.05, 0) is 48.9 Å². The zero-order chi connectivity index (χ0) is 21.1. The largest absolute Gasteiger partial charge is 0.494 e. The first kappa shape index (κ1) is 20.7. The molecule has 0 bridgehead atoms. The van der Waals surface area contributed by atoms with Crippen molar-refractivity contribution in [2.75, 3.05) is 11.9 Å². The summed E-state index contributed by atoms with van der Waals surface area (Å²) in [4.78, 5) is 17.6. The second-order valence-electron chi connectivity index (χ2n) is 6.63. The number of halogens is 2. The summed E-state index contributed by atoms with van der Waals surface area (Å²) < 4.78 is 6.67. The first-order chi connectivity index (χ1) is 14.5. The number of fused-ring (bicyclic) bond motifs is 1. The van der Waals surface area contributed by atoms with Crippen LogP contribution in [0.4, 0.5) is 5.69 Å². The number of rotatable bonds is 6. The summed E-state index contributed by atoms with van der Waals surface area (Å²) in [6.45, 7) is 2.62. The Balaban J connectivity index is 1.70. The molecule has 4 nitrogen and oxygen atoms in total. The topological polar surface area (TPSA) is 51.2 Å². The molecule has 1 N–H and O–H groups in total. The number of carbonyl (C=O) groups is 1. The van der Waals surface area contributed by atoms with Gasteiger partial charge in [-0.3, -0.25) is 4.79 Å². The molecule has 4 aromatic rings. The van der Waals surface area contributed by atoms with Crippen molar-refractivity contribution in [3.05, 3.63) is 76.3 Å². The number of nitrogens with one attached hydrogen (secondary N) is 1. The SMILES string of the molecule is CCCOc1cccc(C(=O)Nc2c(Cl)cc(Cl)cc2-c2nc3ccccc3s2)c1. The number of nitrogens with zero attached hydrogens (tertiary/aromatic N) is 1. The molecule has 0 radical (unpaired) electrons. The van der Waals surface area contributed by atoms with E-state index < -0.39 is 0 Å². The highest BCUT2D eigenvalue weighted by Gasteiger charge is 2.18. The van der Waals surface area contributed by atoms with E-state index in [0.717, 1.165) is 21.6 Å². The van der Waals surface area contributed by atoms with Crippen LogP contribution in [0.2, 0.25) is 10.0 Å². The van der Waals surface area contributed by atoms with Gasteiger partial charge in [0.25, 0.3) is 5.91 Å². The number of amides is 1. The molecule has 0 aliphatic rings. The molecular weight excluding hydrogens is 439 g/mol. The monoisotopic (exact) mass is 456 g/mol. The van der Waals surface area contributed by atoms with Gasteiger partial charge in [0.05, 0.1) is 27.5 Å². The van der Waals surface area contributed by atoms with Gasteiger partial charge in [0.1, 0.15) is 10.8 Å². The smallest absolute Gasteiger partial charge is 0.255 e. The van der Waals surface area contributed by atoms with Crippen LogP contribution in [0.3, 0.4) is 0 Å². The molecule has 0 aliphatic carbocycles. The number of hydrogen-bond donors (Lipinski definition) is 1. The molecule has 0 saturated heterocycles. The Morgan fingerprint density at radius 2 is 1.93 bits per heavy atom. The Kier molecular flexibility index (Phi) is 6.23. The fourth-order valence-electron chi connectivity index (χ4n) is 2.99. The van der Waals surface area contributed by atoms with Crippen LogP contribution in [0.25, 0.3) is 20.8 Å². The maximum absolute atomic E-state index is 13.0. The molecular formula is C23H18Cl2N2O2S. The second-order valence-corrected chi connectivity index (χ2v) is 8.50. The van der Waals surface area contributed by atoms with Crippen LogP contribution >= 0.6 is 34.5 Å². The molecule has 0 unspecified atom stereocenters. The molecule has 1 amide bonds. The summed E-state index contributed by atoms with van der Waals surface area (Å²) in [5, 5.41) is 4.49. The van der Waals surface area contributed by atoms with Crippen molar-refractivity contribution in [1.29, 1.82) is 0 Å². The van der Waals surface area contributed by atoms with Gasteiger partial charge in [0.15, 0.2) is 0 Å². The Morgan fingerprint density at radius 1 is 1.10 bits per heavy atom. The number of thiazole rings is 1. The van der Waals surface area contributed by atoms with E-state index in [1.807, 2.05) is 37.3 Å². The number of aromatic nitrogens is 1. The van der Waals surface area contributed by atoms with E-state index in [1.54, 1.807) is 30.3 Å². The highest BCUT2D eigenvalue weighted by atomic mass is 35.5. The van der Waals surface area contributed by atoms with Crippen molar-refractivity contribution < 1.29 is 9.53 Å². The summed E-state index contributed by atoms with van der Waals surface area (Å²) in [5.41, 5.74) is 2.52. The van der Waals surface area contributed by atoms with Gasteiger partial charge in [-0.2, -0.15) is 0 Å². The quantitative estimate of drug-likeness (QED) is 0.330. The van der Waals surface area contributed by atoms with Crippen LogP contribution in [-0.2, 0) is 0 Å². The zero-order valence-electron chi connectivity index (χ0n) is 16.1. The minimum atomic E-state index is -0.288. The molecule has 0 aliphatic heterocycles. The number of carbonyl (C=O) groups excluding carboxylic acids is 1. The lowest BCUT2D eigenvalue weighted by atomic mass is 10.1. The van der Waals surface area contributed by atoms with Crippen LogP contribution in [-0.4, -0.2) is 17.5 Å². The Labute approximate surface area is 188 Å². The summed E-state index contributed by atoms with van der Waals surface area (Å²) in [6.07, 6.45) is 0.891. The van der Waals surface area contributed by atoms with Crippen molar-refractivity contribution in [2.45, 2.75) is 13.3 Å². The predicted octanol–water partition coefficient (Wildman–Crippen LogP) is 7.31. The van der Waals surface area contributed by atoms with E-state index in [2.05, 4.69) is 10.3 Å². The van der Waals surface area contributed by atoms with E-state index in [-0.39, 0.29) is 5.91 Å². The minimum absolute atomic E-state index is 0.288. The van der Waals surface area contributed by atoms with Crippen LogP contribution in [0, 0.1) is 0 Å². The van der Waals surface area contributed by atoms with Gasteiger partial charge < -0.3 is 10.1 Å². The van der Waals surface area contributed by atoms with Gasteiger partial charge in [-0.25, -0.2) is 4.98 Å². The van der Waals surface area contributed by atoms with Gasteiger partial charge in [-0.1, -0.05) is 48.3 Å². The maximum atomic E-state index is 13.0. The van der Waals surface area contributed by atoms with Gasteiger partial charge in [0.2, 0.25) is 0 Å². The Bertz CT molecular complexity index is 1190. The van der Waals surface area contributed by atoms with E-state index in [4.69, 9.17) is 27.9 Å². The summed E-state index contributed by atoms with van der Waals surface area (Å²) in [7, 11) is 0. The molecule has 0 atom stereocenters. The predicted molar refractivity (Wildman–Crippen MR) is 125 cm³/mol. The zero-order valence-corrected chi connectivity index (χ0v) is 18.4.